The summed E-state index contributed by atoms with van der Waals surface area (Å²) < 4.78 is 38.4. The molecule has 0 saturated carbocycles. The van der Waals surface area contributed by atoms with Crippen LogP contribution in [0.4, 0.5) is 0 Å². The van der Waals surface area contributed by atoms with Gasteiger partial charge < -0.3 is 28.1 Å². The first kappa shape index (κ1) is 31.6. The van der Waals surface area contributed by atoms with Gasteiger partial charge in [-0.25, -0.2) is 0 Å². The van der Waals surface area contributed by atoms with Crippen LogP contribution in [-0.4, -0.2) is 59.5 Å². The lowest BCUT2D eigenvalue weighted by molar-refractivity contribution is -0.173. The molecule has 0 aliphatic carbocycles. The molecule has 3 aromatic rings. The van der Waals surface area contributed by atoms with Crippen molar-refractivity contribution in [3.8, 4) is 0 Å². The van der Waals surface area contributed by atoms with E-state index in [4.69, 9.17) is 28.1 Å². The summed E-state index contributed by atoms with van der Waals surface area (Å²) in [6, 6.07) is 31.4. The second-order valence-corrected chi connectivity index (χ2v) is 16.2. The fourth-order valence-corrected chi connectivity index (χ4v) is 10.5. The largest absolute Gasteiger partial charge is 0.405 e. The Bertz CT molecular complexity index is 1140. The highest BCUT2D eigenvalue weighted by Crippen LogP contribution is 2.41. The Morgan fingerprint density at radius 3 is 1.78 bits per heavy atom. The van der Waals surface area contributed by atoms with Gasteiger partial charge in [0, 0.05) is 13.7 Å². The minimum Gasteiger partial charge on any atom is -0.405 e. The Morgan fingerprint density at radius 1 is 0.780 bits per heavy atom. The van der Waals surface area contributed by atoms with Crippen molar-refractivity contribution >= 4 is 18.7 Å². The molecule has 0 spiro atoms. The third kappa shape index (κ3) is 7.17. The third-order valence-electron chi connectivity index (χ3n) is 7.58. The Balaban J connectivity index is 1.73. The molecule has 7 heteroatoms. The van der Waals surface area contributed by atoms with Gasteiger partial charge in [-0.3, -0.25) is 0 Å². The Morgan fingerprint density at radius 2 is 1.29 bits per heavy atom. The highest BCUT2D eigenvalue weighted by Gasteiger charge is 2.53. The fraction of sp³-hybridized carbons (Fsp3) is 0.471. The van der Waals surface area contributed by atoms with Crippen LogP contribution in [0.2, 0.25) is 5.04 Å². The molecule has 4 rings (SSSR count). The monoisotopic (exact) mass is 578 g/mol. The van der Waals surface area contributed by atoms with Gasteiger partial charge in [0.2, 0.25) is 0 Å². The molecule has 0 bridgehead atoms. The molecule has 0 aromatic heterocycles. The van der Waals surface area contributed by atoms with Gasteiger partial charge in [-0.2, -0.15) is 0 Å². The third-order valence-corrected chi connectivity index (χ3v) is 12.6. The van der Waals surface area contributed by atoms with Crippen molar-refractivity contribution in [2.24, 2.45) is 0 Å². The molecule has 0 radical (unpaired) electrons. The summed E-state index contributed by atoms with van der Waals surface area (Å²) in [6.07, 6.45) is -1.70. The van der Waals surface area contributed by atoms with Gasteiger partial charge in [0.25, 0.3) is 8.32 Å². The summed E-state index contributed by atoms with van der Waals surface area (Å²) in [6.45, 7) is 13.7. The van der Waals surface area contributed by atoms with E-state index in [1.165, 1.54) is 10.4 Å². The molecule has 0 amide bonds. The molecule has 1 aliphatic rings. The Hall–Kier alpha value is -2.36. The molecule has 4 atom stereocenters. The first-order valence-electron chi connectivity index (χ1n) is 14.5. The van der Waals surface area contributed by atoms with Crippen LogP contribution in [-0.2, 0) is 28.1 Å². The molecule has 1 heterocycles. The summed E-state index contributed by atoms with van der Waals surface area (Å²) >= 11 is 0. The van der Waals surface area contributed by atoms with E-state index in [0.29, 0.717) is 13.2 Å². The average Bonchev–Trinajstić information content (AvgIpc) is 3.28. The highest BCUT2D eigenvalue weighted by atomic mass is 28.4. The smallest absolute Gasteiger partial charge is 0.261 e. The molecule has 3 aromatic carbocycles. The van der Waals surface area contributed by atoms with Crippen LogP contribution in [0.5, 0.6) is 0 Å². The number of hydrogen-bond acceptors (Lipinski definition) is 6. The van der Waals surface area contributed by atoms with Crippen molar-refractivity contribution in [2.75, 3.05) is 27.1 Å². The van der Waals surface area contributed by atoms with Crippen molar-refractivity contribution in [3.05, 3.63) is 96.6 Å². The Labute approximate surface area is 247 Å². The number of methoxy groups -OCH3 is 1. The molecule has 0 N–H and O–H groups in total. The van der Waals surface area contributed by atoms with Crippen molar-refractivity contribution < 1.29 is 28.1 Å². The summed E-state index contributed by atoms with van der Waals surface area (Å²) in [7, 11) is -1.17. The lowest BCUT2D eigenvalue weighted by Gasteiger charge is -2.44. The van der Waals surface area contributed by atoms with Gasteiger partial charge in [-0.05, 0) is 41.7 Å². The van der Waals surface area contributed by atoms with Gasteiger partial charge in [-0.15, -0.1) is 0 Å². The van der Waals surface area contributed by atoms with Gasteiger partial charge in [0.1, 0.15) is 31.2 Å². The van der Waals surface area contributed by atoms with Crippen molar-refractivity contribution in [2.45, 2.75) is 76.8 Å². The molecule has 6 nitrogen and oxygen atoms in total. The van der Waals surface area contributed by atoms with Gasteiger partial charge >= 0.3 is 0 Å². The molecule has 0 unspecified atom stereocenters. The standard InChI is InChI=1S/C34H46O6Si/c1-8-36-29(31-32(40-34(5,6)39-31)30(37-25-35-7)26-18-12-9-13-19-26)24-38-41(33(2,3)4,27-20-14-10-15-21-27)28-22-16-11-17-23-28/h9-23,29-32H,8,24-25H2,1-7H3/t29-,30+,31+,32+/m0/s1. The maximum Gasteiger partial charge on any atom is 0.261 e. The zero-order valence-corrected chi connectivity index (χ0v) is 26.5. The molecule has 222 valence electrons. The number of benzene rings is 3. The van der Waals surface area contributed by atoms with E-state index in [9.17, 15) is 0 Å². The maximum atomic E-state index is 7.29. The van der Waals surface area contributed by atoms with Crippen molar-refractivity contribution in [1.82, 2.24) is 0 Å². The van der Waals surface area contributed by atoms with Gasteiger partial charge in [-0.1, -0.05) is 112 Å². The number of hydrogen-bond donors (Lipinski definition) is 0. The fourth-order valence-electron chi connectivity index (χ4n) is 5.92. The topological polar surface area (TPSA) is 55.4 Å². The van der Waals surface area contributed by atoms with E-state index < -0.39 is 38.5 Å². The average molecular weight is 579 g/mol. The summed E-state index contributed by atoms with van der Waals surface area (Å²) in [5.74, 6) is -0.828. The van der Waals surface area contributed by atoms with E-state index in [1.807, 2.05) is 51.1 Å². The quantitative estimate of drug-likeness (QED) is 0.187. The van der Waals surface area contributed by atoms with E-state index in [0.717, 1.165) is 5.56 Å². The van der Waals surface area contributed by atoms with Crippen LogP contribution in [0.3, 0.4) is 0 Å². The van der Waals surface area contributed by atoms with Crippen LogP contribution in [0.1, 0.15) is 53.2 Å². The van der Waals surface area contributed by atoms with E-state index in [1.54, 1.807) is 7.11 Å². The van der Waals surface area contributed by atoms with Crippen LogP contribution in [0.15, 0.2) is 91.0 Å². The maximum absolute atomic E-state index is 7.29. The van der Waals surface area contributed by atoms with Gasteiger partial charge in [0.15, 0.2) is 5.79 Å². The second-order valence-electron chi connectivity index (χ2n) is 11.9. The minimum atomic E-state index is -2.79. The van der Waals surface area contributed by atoms with Crippen LogP contribution in [0, 0.1) is 0 Å². The lowest BCUT2D eigenvalue weighted by atomic mass is 9.97. The SMILES string of the molecule is CCO[C@@H](CO[Si](c1ccccc1)(c1ccccc1)C(C)(C)C)[C@H]1OC(C)(C)O[C@@H]1[C@H](OCOC)c1ccccc1. The Kier molecular flexibility index (Phi) is 10.6. The van der Waals surface area contributed by atoms with Crippen LogP contribution >= 0.6 is 0 Å². The summed E-state index contributed by atoms with van der Waals surface area (Å²) in [5.41, 5.74) is 0.990. The zero-order chi connectivity index (χ0) is 29.5. The minimum absolute atomic E-state index is 0.129. The molecule has 1 fully saturated rings. The van der Waals surface area contributed by atoms with Crippen molar-refractivity contribution in [1.29, 1.82) is 0 Å². The predicted octanol–water partition coefficient (Wildman–Crippen LogP) is 5.85. The molecule has 41 heavy (non-hydrogen) atoms. The number of rotatable bonds is 13. The molecule has 1 aliphatic heterocycles. The predicted molar refractivity (Wildman–Crippen MR) is 165 cm³/mol. The first-order valence-corrected chi connectivity index (χ1v) is 16.4. The lowest BCUT2D eigenvalue weighted by Crippen LogP contribution is -2.67. The zero-order valence-electron chi connectivity index (χ0n) is 25.5. The summed E-state index contributed by atoms with van der Waals surface area (Å²) in [5, 5.41) is 2.28. The van der Waals surface area contributed by atoms with E-state index >= 15 is 0 Å². The van der Waals surface area contributed by atoms with Crippen LogP contribution < -0.4 is 10.4 Å². The van der Waals surface area contributed by atoms with E-state index in [-0.39, 0.29) is 11.8 Å². The number of ether oxygens (including phenoxy) is 5. The van der Waals surface area contributed by atoms with E-state index in [2.05, 4.69) is 81.4 Å². The van der Waals surface area contributed by atoms with Crippen molar-refractivity contribution in [3.63, 3.8) is 0 Å². The first-order chi connectivity index (χ1) is 19.6. The van der Waals surface area contributed by atoms with Gasteiger partial charge in [0.05, 0.1) is 6.61 Å². The molecule has 1 saturated heterocycles. The normalized spacial score (nSPS) is 20.6. The molecular weight excluding hydrogens is 532 g/mol. The summed E-state index contributed by atoms with van der Waals surface area (Å²) in [4.78, 5) is 0. The highest BCUT2D eigenvalue weighted by molar-refractivity contribution is 6.99. The van der Waals surface area contributed by atoms with Crippen LogP contribution in [0.25, 0.3) is 0 Å². The molecular formula is C34H46O6Si. The second kappa shape index (κ2) is 13.7.